The third-order valence-electron chi connectivity index (χ3n) is 5.48. The second kappa shape index (κ2) is 9.89. The van der Waals surface area contributed by atoms with Crippen LogP contribution in [-0.4, -0.2) is 21.9 Å². The zero-order valence-corrected chi connectivity index (χ0v) is 17.8. The molecule has 0 spiro atoms. The predicted molar refractivity (Wildman–Crippen MR) is 119 cm³/mol. The molecule has 0 unspecified atom stereocenters. The number of hydrogen-bond donors (Lipinski definition) is 2. The van der Waals surface area contributed by atoms with Gasteiger partial charge in [-0.1, -0.05) is 48.5 Å². The number of amides is 1. The van der Waals surface area contributed by atoms with Gasteiger partial charge in [0.1, 0.15) is 6.33 Å². The number of anilines is 2. The monoisotopic (exact) mass is 455 g/mol. The van der Waals surface area contributed by atoms with E-state index >= 15 is 4.39 Å². The lowest BCUT2D eigenvalue weighted by molar-refractivity contribution is -0.117. The summed E-state index contributed by atoms with van der Waals surface area (Å²) in [6.07, 6.45) is 0.787. The van der Waals surface area contributed by atoms with E-state index in [2.05, 4.69) is 15.3 Å². The van der Waals surface area contributed by atoms with Crippen molar-refractivity contribution >= 4 is 17.5 Å². The largest absolute Gasteiger partial charge is 0.369 e. The lowest BCUT2D eigenvalue weighted by Crippen LogP contribution is -2.27. The number of nitrogens with two attached hydrogens (primary N) is 1. The van der Waals surface area contributed by atoms with Crippen molar-refractivity contribution in [2.75, 3.05) is 10.2 Å². The maximum atomic E-state index is 15.3. The Hall–Kier alpha value is -3.62. The molecule has 0 radical (unpaired) electrons. The van der Waals surface area contributed by atoms with Crippen LogP contribution in [0.3, 0.4) is 0 Å². The maximum absolute atomic E-state index is 15.3. The Bertz CT molecular complexity index is 1100. The number of carbonyl (C=O) groups is 1. The molecule has 2 aromatic carbocycles. The van der Waals surface area contributed by atoms with Crippen LogP contribution < -0.4 is 16.0 Å². The summed E-state index contributed by atoms with van der Waals surface area (Å²) in [7, 11) is 0. The highest BCUT2D eigenvalue weighted by molar-refractivity contribution is 5.76. The molecule has 0 bridgehead atoms. The van der Waals surface area contributed by atoms with Gasteiger partial charge >= 0.3 is 0 Å². The highest BCUT2D eigenvalue weighted by Gasteiger charge is 2.32. The van der Waals surface area contributed by atoms with Gasteiger partial charge in [-0.15, -0.1) is 0 Å². The minimum absolute atomic E-state index is 0.0425. The molecule has 4 rings (SSSR count). The fourth-order valence-corrected chi connectivity index (χ4v) is 3.57. The molecular formula is C24H24F3N5O. The Morgan fingerprint density at radius 3 is 2.27 bits per heavy atom. The van der Waals surface area contributed by atoms with Crippen molar-refractivity contribution in [3.63, 3.8) is 0 Å². The van der Waals surface area contributed by atoms with Gasteiger partial charge in [0.25, 0.3) is 6.43 Å². The van der Waals surface area contributed by atoms with Crippen molar-refractivity contribution in [2.45, 2.75) is 44.8 Å². The first-order valence-electron chi connectivity index (χ1n) is 10.6. The Morgan fingerprint density at radius 1 is 1.03 bits per heavy atom. The molecule has 1 amide bonds. The SMILES string of the molecule is NC(=O)Cc1ccc(CNc2ncnc(N(Cc3ccc(C(F)F)cc3)C3CC3)c2F)cc1. The molecule has 172 valence electrons. The van der Waals surface area contributed by atoms with Crippen LogP contribution >= 0.6 is 0 Å². The summed E-state index contributed by atoms with van der Waals surface area (Å²) in [6, 6.07) is 13.5. The van der Waals surface area contributed by atoms with Gasteiger partial charge in [0.2, 0.25) is 11.7 Å². The first-order valence-corrected chi connectivity index (χ1v) is 10.6. The number of alkyl halides is 2. The van der Waals surface area contributed by atoms with Gasteiger partial charge in [0, 0.05) is 24.7 Å². The van der Waals surface area contributed by atoms with E-state index in [1.807, 2.05) is 17.0 Å². The summed E-state index contributed by atoms with van der Waals surface area (Å²) in [6.45, 7) is 0.700. The van der Waals surface area contributed by atoms with E-state index in [9.17, 15) is 13.6 Å². The van der Waals surface area contributed by atoms with Crippen molar-refractivity contribution in [2.24, 2.45) is 5.73 Å². The molecule has 1 aliphatic carbocycles. The highest BCUT2D eigenvalue weighted by atomic mass is 19.3. The Balaban J connectivity index is 1.47. The first-order chi connectivity index (χ1) is 15.9. The van der Waals surface area contributed by atoms with E-state index in [4.69, 9.17) is 5.73 Å². The molecule has 1 saturated carbocycles. The van der Waals surface area contributed by atoms with Crippen molar-refractivity contribution < 1.29 is 18.0 Å². The number of rotatable bonds is 10. The van der Waals surface area contributed by atoms with Crippen LogP contribution in [0.15, 0.2) is 54.9 Å². The molecule has 0 aliphatic heterocycles. The Kier molecular flexibility index (Phi) is 6.76. The van der Waals surface area contributed by atoms with Crippen LogP contribution in [0.5, 0.6) is 0 Å². The van der Waals surface area contributed by atoms with Crippen molar-refractivity contribution in [3.8, 4) is 0 Å². The van der Waals surface area contributed by atoms with Gasteiger partial charge in [-0.25, -0.2) is 18.7 Å². The molecule has 33 heavy (non-hydrogen) atoms. The maximum Gasteiger partial charge on any atom is 0.263 e. The van der Waals surface area contributed by atoms with E-state index < -0.39 is 18.1 Å². The van der Waals surface area contributed by atoms with E-state index in [1.165, 1.54) is 18.5 Å². The third-order valence-corrected chi connectivity index (χ3v) is 5.48. The summed E-state index contributed by atoms with van der Waals surface area (Å²) in [5, 5.41) is 3.00. The van der Waals surface area contributed by atoms with Crippen LogP contribution in [-0.2, 0) is 24.3 Å². The first kappa shape index (κ1) is 22.6. The third kappa shape index (κ3) is 5.79. The summed E-state index contributed by atoms with van der Waals surface area (Å²) in [5.74, 6) is -0.690. The molecule has 1 aliphatic rings. The summed E-state index contributed by atoms with van der Waals surface area (Å²) in [5.41, 5.74) is 7.66. The van der Waals surface area contributed by atoms with Crippen LogP contribution in [0.1, 0.15) is 41.5 Å². The molecule has 0 atom stereocenters. The minimum atomic E-state index is -2.52. The fourth-order valence-electron chi connectivity index (χ4n) is 3.57. The molecule has 1 fully saturated rings. The van der Waals surface area contributed by atoms with Gasteiger partial charge in [0.15, 0.2) is 11.6 Å². The number of hydrogen-bond acceptors (Lipinski definition) is 5. The standard InChI is InChI=1S/C24H24F3N5O/c25-21-23(29-12-16-3-1-15(2-4-16)11-20(28)33)30-14-31-24(21)32(19-9-10-19)13-17-5-7-18(8-6-17)22(26)27/h1-8,14,19,22H,9-13H2,(H2,28,33)(H,29,30,31). The van der Waals surface area contributed by atoms with Crippen LogP contribution in [0.4, 0.5) is 24.8 Å². The normalized spacial score (nSPS) is 13.2. The molecule has 3 aromatic rings. The Labute approximate surface area is 189 Å². The summed E-state index contributed by atoms with van der Waals surface area (Å²) < 4.78 is 41.0. The van der Waals surface area contributed by atoms with E-state index in [1.54, 1.807) is 24.3 Å². The fraction of sp³-hybridized carbons (Fsp3) is 0.292. The van der Waals surface area contributed by atoms with Crippen molar-refractivity contribution in [3.05, 3.63) is 82.9 Å². The van der Waals surface area contributed by atoms with E-state index in [-0.39, 0.29) is 29.7 Å². The number of benzene rings is 2. The van der Waals surface area contributed by atoms with E-state index in [0.717, 1.165) is 29.5 Å². The zero-order valence-electron chi connectivity index (χ0n) is 17.8. The van der Waals surface area contributed by atoms with Gasteiger partial charge in [0.05, 0.1) is 6.42 Å². The topological polar surface area (TPSA) is 84.1 Å². The smallest absolute Gasteiger partial charge is 0.263 e. The molecule has 6 nitrogen and oxygen atoms in total. The highest BCUT2D eigenvalue weighted by Crippen LogP contribution is 2.34. The number of aromatic nitrogens is 2. The van der Waals surface area contributed by atoms with Gasteiger partial charge in [-0.3, -0.25) is 4.79 Å². The average Bonchev–Trinajstić information content (AvgIpc) is 3.63. The molecule has 1 aromatic heterocycles. The van der Waals surface area contributed by atoms with Crippen molar-refractivity contribution in [1.29, 1.82) is 0 Å². The van der Waals surface area contributed by atoms with Crippen LogP contribution in [0.2, 0.25) is 0 Å². The number of halogens is 3. The molecule has 1 heterocycles. The summed E-state index contributed by atoms with van der Waals surface area (Å²) >= 11 is 0. The molecular weight excluding hydrogens is 431 g/mol. The van der Waals surface area contributed by atoms with Gasteiger partial charge in [-0.2, -0.15) is 4.39 Å². The van der Waals surface area contributed by atoms with Crippen LogP contribution in [0, 0.1) is 5.82 Å². The molecule has 9 heteroatoms. The second-order valence-electron chi connectivity index (χ2n) is 8.07. The van der Waals surface area contributed by atoms with Gasteiger partial charge < -0.3 is 16.0 Å². The number of nitrogens with zero attached hydrogens (tertiary/aromatic N) is 3. The quantitative estimate of drug-likeness (QED) is 0.475. The lowest BCUT2D eigenvalue weighted by atomic mass is 10.1. The molecule has 0 saturated heterocycles. The van der Waals surface area contributed by atoms with Crippen LogP contribution in [0.25, 0.3) is 0 Å². The average molecular weight is 455 g/mol. The number of carbonyl (C=O) groups excluding carboxylic acids is 1. The minimum Gasteiger partial charge on any atom is -0.369 e. The Morgan fingerprint density at radius 2 is 1.67 bits per heavy atom. The van der Waals surface area contributed by atoms with E-state index in [0.29, 0.717) is 13.1 Å². The van der Waals surface area contributed by atoms with Crippen molar-refractivity contribution in [1.82, 2.24) is 9.97 Å². The second-order valence-corrected chi connectivity index (χ2v) is 8.07. The van der Waals surface area contributed by atoms with Gasteiger partial charge in [-0.05, 0) is 29.5 Å². The summed E-state index contributed by atoms with van der Waals surface area (Å²) in [4.78, 5) is 21.1. The zero-order chi connectivity index (χ0) is 23.4. The molecule has 3 N–H and O–H groups in total. The number of nitrogens with one attached hydrogen (secondary N) is 1. The predicted octanol–water partition coefficient (Wildman–Crippen LogP) is 4.36. The lowest BCUT2D eigenvalue weighted by Gasteiger charge is -2.24. The number of primary amides is 1.